The summed E-state index contributed by atoms with van der Waals surface area (Å²) in [5.41, 5.74) is -1.07. The lowest BCUT2D eigenvalue weighted by atomic mass is 9.44. The van der Waals surface area contributed by atoms with Crippen LogP contribution in [0.1, 0.15) is 59.8 Å². The van der Waals surface area contributed by atoms with Crippen molar-refractivity contribution in [1.29, 1.82) is 0 Å². The number of hydrogen-bond acceptors (Lipinski definition) is 3. The second kappa shape index (κ2) is 5.16. The number of carbonyl (C=O) groups is 1. The molecule has 3 rings (SSSR count). The van der Waals surface area contributed by atoms with E-state index in [1.165, 1.54) is 0 Å². The van der Waals surface area contributed by atoms with Crippen LogP contribution in [0.5, 0.6) is 0 Å². The van der Waals surface area contributed by atoms with Gasteiger partial charge in [-0.25, -0.2) is 0 Å². The monoisotopic (exact) mass is 320 g/mol. The summed E-state index contributed by atoms with van der Waals surface area (Å²) < 4.78 is 0. The van der Waals surface area contributed by atoms with E-state index in [0.29, 0.717) is 24.5 Å². The molecule has 3 aliphatic carbocycles. The number of hydrogen-bond donors (Lipinski definition) is 2. The fraction of sp³-hybridized carbons (Fsp3) is 0.850. The molecule has 0 aromatic carbocycles. The predicted molar refractivity (Wildman–Crippen MR) is 90.8 cm³/mol. The van der Waals surface area contributed by atoms with Crippen LogP contribution in [0.25, 0.3) is 0 Å². The smallest absolute Gasteiger partial charge is 0.137 e. The van der Waals surface area contributed by atoms with Crippen molar-refractivity contribution >= 4 is 5.78 Å². The Morgan fingerprint density at radius 3 is 2.48 bits per heavy atom. The molecule has 3 aliphatic rings. The van der Waals surface area contributed by atoms with Crippen molar-refractivity contribution < 1.29 is 15.0 Å². The molecule has 2 bridgehead atoms. The topological polar surface area (TPSA) is 57.5 Å². The number of aliphatic hydroxyl groups excluding tert-OH is 2. The van der Waals surface area contributed by atoms with Crippen LogP contribution in [-0.2, 0) is 4.79 Å². The molecule has 3 fully saturated rings. The lowest BCUT2D eigenvalue weighted by Crippen LogP contribution is -2.62. The van der Waals surface area contributed by atoms with Crippen LogP contribution in [0.2, 0.25) is 0 Å². The Balaban J connectivity index is 2.21. The first-order valence-electron chi connectivity index (χ1n) is 9.16. The van der Waals surface area contributed by atoms with E-state index in [-0.39, 0.29) is 17.3 Å². The van der Waals surface area contributed by atoms with Crippen molar-refractivity contribution in [2.24, 2.45) is 34.0 Å². The average Bonchev–Trinajstić information content (AvgIpc) is 2.87. The molecule has 2 N–H and O–H groups in total. The molecule has 3 nitrogen and oxygen atoms in total. The highest BCUT2D eigenvalue weighted by Gasteiger charge is 2.67. The van der Waals surface area contributed by atoms with Gasteiger partial charge in [-0.2, -0.15) is 0 Å². The zero-order valence-corrected chi connectivity index (χ0v) is 15.0. The van der Waals surface area contributed by atoms with Crippen molar-refractivity contribution in [2.45, 2.75) is 72.0 Å². The fourth-order valence-corrected chi connectivity index (χ4v) is 6.37. The molecule has 23 heavy (non-hydrogen) atoms. The van der Waals surface area contributed by atoms with Crippen molar-refractivity contribution in [3.8, 4) is 0 Å². The summed E-state index contributed by atoms with van der Waals surface area (Å²) in [4.78, 5) is 12.8. The Morgan fingerprint density at radius 1 is 1.22 bits per heavy atom. The first-order valence-corrected chi connectivity index (χ1v) is 9.16. The zero-order valence-electron chi connectivity index (χ0n) is 15.0. The molecular formula is C20H32O3. The maximum absolute atomic E-state index is 12.8. The second-order valence-electron chi connectivity index (χ2n) is 9.10. The summed E-state index contributed by atoms with van der Waals surface area (Å²) in [7, 11) is 0. The molecule has 2 unspecified atom stereocenters. The van der Waals surface area contributed by atoms with Gasteiger partial charge >= 0.3 is 0 Å². The van der Waals surface area contributed by atoms with Gasteiger partial charge in [-0.05, 0) is 42.9 Å². The minimum atomic E-state index is -0.589. The Bertz CT molecular complexity index is 529. The molecule has 0 aromatic rings. The summed E-state index contributed by atoms with van der Waals surface area (Å²) >= 11 is 0. The number of aliphatic hydroxyl groups is 2. The van der Waals surface area contributed by atoms with Crippen LogP contribution in [0, 0.1) is 34.0 Å². The van der Waals surface area contributed by atoms with E-state index < -0.39 is 23.0 Å². The fourth-order valence-electron chi connectivity index (χ4n) is 6.37. The highest BCUT2D eigenvalue weighted by molar-refractivity contribution is 5.85. The van der Waals surface area contributed by atoms with Gasteiger partial charge in [0.15, 0.2) is 0 Å². The van der Waals surface area contributed by atoms with E-state index in [9.17, 15) is 15.0 Å². The summed E-state index contributed by atoms with van der Waals surface area (Å²) in [6.45, 7) is 12.4. The van der Waals surface area contributed by atoms with Gasteiger partial charge in [0.25, 0.3) is 0 Å². The molecule has 0 heterocycles. The largest absolute Gasteiger partial charge is 0.392 e. The number of ketones is 1. The van der Waals surface area contributed by atoms with Crippen molar-refractivity contribution in [2.75, 3.05) is 0 Å². The molecule has 130 valence electrons. The predicted octanol–water partition coefficient (Wildman–Crippen LogP) is 3.34. The van der Waals surface area contributed by atoms with Crippen molar-refractivity contribution in [3.05, 3.63) is 12.7 Å². The van der Waals surface area contributed by atoms with Crippen LogP contribution in [0.15, 0.2) is 12.7 Å². The summed E-state index contributed by atoms with van der Waals surface area (Å²) in [5.74, 6) is 0.544. The minimum Gasteiger partial charge on any atom is -0.392 e. The maximum atomic E-state index is 12.8. The second-order valence-corrected chi connectivity index (χ2v) is 9.10. The van der Waals surface area contributed by atoms with Gasteiger partial charge in [0.2, 0.25) is 0 Å². The highest BCUT2D eigenvalue weighted by atomic mass is 16.3. The van der Waals surface area contributed by atoms with E-state index in [2.05, 4.69) is 27.4 Å². The zero-order chi connectivity index (χ0) is 17.2. The number of carbonyl (C=O) groups excluding carboxylic acids is 1. The standard InChI is InChI=1S/C20H32O3/c1-6-18(4)11-15(22)19(5)12(2)7-9-20(13(3)17(18)23)10-8-14(21)16(19)20/h6,12-13,15-17,22-23H,1,7-11H2,2-5H3/t12?,13-,15+,16?,17-,18+,19-,20-/m0/s1. The minimum absolute atomic E-state index is 0.0428. The summed E-state index contributed by atoms with van der Waals surface area (Å²) in [6.07, 6.45) is 4.60. The Kier molecular flexibility index (Phi) is 3.85. The maximum Gasteiger partial charge on any atom is 0.137 e. The Labute approximate surface area is 140 Å². The van der Waals surface area contributed by atoms with Crippen molar-refractivity contribution in [3.63, 3.8) is 0 Å². The molecule has 0 aromatic heterocycles. The van der Waals surface area contributed by atoms with Gasteiger partial charge in [0.05, 0.1) is 12.2 Å². The molecular weight excluding hydrogens is 288 g/mol. The van der Waals surface area contributed by atoms with Crippen LogP contribution in [0.3, 0.4) is 0 Å². The third-order valence-corrected chi connectivity index (χ3v) is 8.33. The molecule has 8 atom stereocenters. The van der Waals surface area contributed by atoms with Gasteiger partial charge in [-0.3, -0.25) is 4.79 Å². The van der Waals surface area contributed by atoms with Crippen LogP contribution in [0.4, 0.5) is 0 Å². The first kappa shape index (κ1) is 17.2. The van der Waals surface area contributed by atoms with Crippen molar-refractivity contribution in [1.82, 2.24) is 0 Å². The van der Waals surface area contributed by atoms with Gasteiger partial charge in [0, 0.05) is 23.2 Å². The quantitative estimate of drug-likeness (QED) is 0.729. The van der Waals surface area contributed by atoms with E-state index >= 15 is 0 Å². The van der Waals surface area contributed by atoms with E-state index in [4.69, 9.17) is 0 Å². The first-order chi connectivity index (χ1) is 10.6. The molecule has 3 saturated carbocycles. The van der Waals surface area contributed by atoms with Gasteiger partial charge < -0.3 is 10.2 Å². The average molecular weight is 320 g/mol. The number of rotatable bonds is 1. The van der Waals surface area contributed by atoms with Crippen LogP contribution in [-0.4, -0.2) is 28.2 Å². The van der Waals surface area contributed by atoms with Crippen LogP contribution >= 0.6 is 0 Å². The molecule has 0 amide bonds. The molecule has 0 saturated heterocycles. The Morgan fingerprint density at radius 2 is 1.87 bits per heavy atom. The van der Waals surface area contributed by atoms with Crippen LogP contribution < -0.4 is 0 Å². The van der Waals surface area contributed by atoms with Gasteiger partial charge in [-0.15, -0.1) is 6.58 Å². The van der Waals surface area contributed by atoms with E-state index in [0.717, 1.165) is 19.3 Å². The third kappa shape index (κ3) is 1.99. The van der Waals surface area contributed by atoms with E-state index in [1.807, 2.05) is 13.0 Å². The molecule has 0 aliphatic heterocycles. The normalized spacial score (nSPS) is 56.6. The number of Topliss-reactive ketones (excluding diaryl/α,β-unsaturated/α-hetero) is 1. The lowest BCUT2D eigenvalue weighted by Gasteiger charge is -2.61. The third-order valence-electron chi connectivity index (χ3n) is 8.33. The lowest BCUT2D eigenvalue weighted by molar-refractivity contribution is -0.191. The van der Waals surface area contributed by atoms with E-state index in [1.54, 1.807) is 0 Å². The summed E-state index contributed by atoms with van der Waals surface area (Å²) in [6, 6.07) is 0. The summed E-state index contributed by atoms with van der Waals surface area (Å²) in [5, 5.41) is 22.3. The van der Waals surface area contributed by atoms with Gasteiger partial charge in [0.1, 0.15) is 5.78 Å². The molecule has 0 spiro atoms. The molecule has 0 radical (unpaired) electrons. The highest BCUT2D eigenvalue weighted by Crippen LogP contribution is 2.67. The van der Waals surface area contributed by atoms with Gasteiger partial charge in [-0.1, -0.05) is 33.8 Å². The Hall–Kier alpha value is -0.670. The SMILES string of the molecule is C=C[C@]1(C)C[C@@H](O)[C@]2(C)C(C)CC[C@]3(CCC(=O)C32)[C@@H](C)[C@@H]1O. The molecule has 3 heteroatoms.